The van der Waals surface area contributed by atoms with Crippen molar-refractivity contribution in [3.63, 3.8) is 0 Å². The molecule has 3 aromatic rings. The monoisotopic (exact) mass is 396 g/mol. The molecule has 3 rings (SSSR count). The normalized spacial score (nSPS) is 11.4. The Kier molecular flexibility index (Phi) is 6.43. The molecule has 0 aliphatic carbocycles. The van der Waals surface area contributed by atoms with Crippen molar-refractivity contribution in [2.45, 2.75) is 26.9 Å². The Morgan fingerprint density at radius 2 is 1.83 bits per heavy atom. The summed E-state index contributed by atoms with van der Waals surface area (Å²) in [4.78, 5) is 8.55. The van der Waals surface area contributed by atoms with Crippen molar-refractivity contribution in [1.82, 2.24) is 25.4 Å². The third kappa shape index (κ3) is 5.31. The van der Waals surface area contributed by atoms with E-state index in [2.05, 4.69) is 32.6 Å². The van der Waals surface area contributed by atoms with Gasteiger partial charge in [0.25, 0.3) is 0 Å². The first-order valence-electron chi connectivity index (χ1n) is 9.28. The van der Waals surface area contributed by atoms with Crippen LogP contribution in [0.1, 0.15) is 22.5 Å². The number of pyridine rings is 1. The van der Waals surface area contributed by atoms with E-state index in [-0.39, 0.29) is 5.82 Å². The van der Waals surface area contributed by atoms with E-state index in [4.69, 9.17) is 4.74 Å². The molecule has 2 aromatic heterocycles. The molecule has 1 aromatic carbocycles. The molecule has 7 nitrogen and oxygen atoms in total. The summed E-state index contributed by atoms with van der Waals surface area (Å²) in [7, 11) is 3.67. The average Bonchev–Trinajstić information content (AvgIpc) is 2.96. The number of benzene rings is 1. The molecule has 0 radical (unpaired) electrons. The zero-order valence-electron chi connectivity index (χ0n) is 17.0. The summed E-state index contributed by atoms with van der Waals surface area (Å²) in [5, 5.41) is 11.0. The summed E-state index contributed by atoms with van der Waals surface area (Å²) in [5.74, 6) is 1.38. The predicted molar refractivity (Wildman–Crippen MR) is 110 cm³/mol. The molecule has 0 bridgehead atoms. The average molecular weight is 396 g/mol. The van der Waals surface area contributed by atoms with Gasteiger partial charge in [-0.05, 0) is 43.7 Å². The minimum absolute atomic E-state index is 0.303. The maximum atomic E-state index is 13.0. The standard InChI is InChI=1S/C21H25FN6O/c1-14-19(15(2)28(4)27-14)13-26-21(23-3)25-12-16-5-10-20(24-11-16)29-18-8-6-17(22)7-9-18/h5-11H,12-13H2,1-4H3,(H2,23,25,26). The largest absolute Gasteiger partial charge is 0.439 e. The lowest BCUT2D eigenvalue weighted by Gasteiger charge is -2.12. The predicted octanol–water partition coefficient (Wildman–Crippen LogP) is 3.23. The second-order valence-electron chi connectivity index (χ2n) is 6.61. The Morgan fingerprint density at radius 3 is 2.41 bits per heavy atom. The first kappa shape index (κ1) is 20.3. The quantitative estimate of drug-likeness (QED) is 0.494. The number of guanidine groups is 1. The molecule has 2 N–H and O–H groups in total. The molecular formula is C21H25FN6O. The number of rotatable bonds is 6. The maximum absolute atomic E-state index is 13.0. The number of nitrogens with zero attached hydrogens (tertiary/aromatic N) is 4. The maximum Gasteiger partial charge on any atom is 0.219 e. The van der Waals surface area contributed by atoms with Crippen LogP contribution in [0.2, 0.25) is 0 Å². The number of hydrogen-bond donors (Lipinski definition) is 2. The fourth-order valence-electron chi connectivity index (χ4n) is 2.85. The SMILES string of the molecule is CN=C(NCc1ccc(Oc2ccc(F)cc2)nc1)NCc1c(C)nn(C)c1C. The van der Waals surface area contributed by atoms with Gasteiger partial charge in [0.05, 0.1) is 5.69 Å². The second-order valence-corrected chi connectivity index (χ2v) is 6.61. The highest BCUT2D eigenvalue weighted by molar-refractivity contribution is 5.79. The lowest BCUT2D eigenvalue weighted by Crippen LogP contribution is -2.36. The van der Waals surface area contributed by atoms with Crippen LogP contribution >= 0.6 is 0 Å². The molecule has 152 valence electrons. The van der Waals surface area contributed by atoms with E-state index in [0.29, 0.717) is 30.7 Å². The highest BCUT2D eigenvalue weighted by Gasteiger charge is 2.09. The smallest absolute Gasteiger partial charge is 0.219 e. The third-order valence-corrected chi connectivity index (χ3v) is 4.61. The van der Waals surface area contributed by atoms with Gasteiger partial charge in [-0.1, -0.05) is 6.07 Å². The van der Waals surface area contributed by atoms with Crippen molar-refractivity contribution in [2.24, 2.45) is 12.0 Å². The summed E-state index contributed by atoms with van der Waals surface area (Å²) in [6.45, 7) is 5.26. The van der Waals surface area contributed by atoms with Crippen LogP contribution in [0.5, 0.6) is 11.6 Å². The van der Waals surface area contributed by atoms with Gasteiger partial charge < -0.3 is 15.4 Å². The second kappa shape index (κ2) is 9.18. The molecule has 0 amide bonds. The van der Waals surface area contributed by atoms with Gasteiger partial charge in [0.2, 0.25) is 5.88 Å². The molecule has 0 unspecified atom stereocenters. The minimum atomic E-state index is -0.303. The molecule has 0 fully saturated rings. The van der Waals surface area contributed by atoms with Gasteiger partial charge in [0, 0.05) is 50.7 Å². The van der Waals surface area contributed by atoms with E-state index >= 15 is 0 Å². The summed E-state index contributed by atoms with van der Waals surface area (Å²) in [5.41, 5.74) is 4.29. The number of aromatic nitrogens is 3. The number of hydrogen-bond acceptors (Lipinski definition) is 4. The van der Waals surface area contributed by atoms with E-state index in [1.807, 2.05) is 24.7 Å². The summed E-state index contributed by atoms with van der Waals surface area (Å²) >= 11 is 0. The zero-order chi connectivity index (χ0) is 20.8. The Balaban J connectivity index is 1.52. The molecule has 0 aliphatic heterocycles. The van der Waals surface area contributed by atoms with Crippen molar-refractivity contribution in [3.05, 3.63) is 70.9 Å². The van der Waals surface area contributed by atoms with Crippen LogP contribution < -0.4 is 15.4 Å². The molecule has 8 heteroatoms. The Bertz CT molecular complexity index is 980. The lowest BCUT2D eigenvalue weighted by atomic mass is 10.2. The van der Waals surface area contributed by atoms with Crippen LogP contribution in [0.3, 0.4) is 0 Å². The van der Waals surface area contributed by atoms with Gasteiger partial charge in [-0.3, -0.25) is 9.67 Å². The van der Waals surface area contributed by atoms with Crippen LogP contribution in [0, 0.1) is 19.7 Å². The van der Waals surface area contributed by atoms with Gasteiger partial charge >= 0.3 is 0 Å². The van der Waals surface area contributed by atoms with Gasteiger partial charge in [0.1, 0.15) is 11.6 Å². The molecule has 0 spiro atoms. The molecule has 0 aliphatic rings. The van der Waals surface area contributed by atoms with Crippen molar-refractivity contribution >= 4 is 5.96 Å². The van der Waals surface area contributed by atoms with Gasteiger partial charge in [0.15, 0.2) is 5.96 Å². The van der Waals surface area contributed by atoms with Crippen LogP contribution in [-0.4, -0.2) is 27.8 Å². The first-order chi connectivity index (χ1) is 14.0. The molecule has 0 saturated carbocycles. The molecule has 29 heavy (non-hydrogen) atoms. The van der Waals surface area contributed by atoms with Crippen molar-refractivity contribution in [1.29, 1.82) is 0 Å². The molecule has 0 atom stereocenters. The highest BCUT2D eigenvalue weighted by Crippen LogP contribution is 2.19. The Labute approximate surface area is 169 Å². The van der Waals surface area contributed by atoms with Crippen LogP contribution in [0.25, 0.3) is 0 Å². The number of ether oxygens (including phenoxy) is 1. The van der Waals surface area contributed by atoms with Crippen LogP contribution in [-0.2, 0) is 20.1 Å². The summed E-state index contributed by atoms with van der Waals surface area (Å²) in [6.07, 6.45) is 1.73. The topological polar surface area (TPSA) is 76.4 Å². The van der Waals surface area contributed by atoms with Crippen molar-refractivity contribution in [3.8, 4) is 11.6 Å². The van der Waals surface area contributed by atoms with Gasteiger partial charge in [-0.25, -0.2) is 9.37 Å². The van der Waals surface area contributed by atoms with E-state index in [1.165, 1.54) is 17.7 Å². The van der Waals surface area contributed by atoms with E-state index in [0.717, 1.165) is 17.0 Å². The Morgan fingerprint density at radius 1 is 1.10 bits per heavy atom. The van der Waals surface area contributed by atoms with Gasteiger partial charge in [-0.2, -0.15) is 5.10 Å². The summed E-state index contributed by atoms with van der Waals surface area (Å²) < 4.78 is 20.4. The van der Waals surface area contributed by atoms with E-state index < -0.39 is 0 Å². The lowest BCUT2D eigenvalue weighted by molar-refractivity contribution is 0.461. The number of aliphatic imine (C=N–C) groups is 1. The van der Waals surface area contributed by atoms with Crippen LogP contribution in [0.15, 0.2) is 47.6 Å². The molecule has 0 saturated heterocycles. The molecular weight excluding hydrogens is 371 g/mol. The van der Waals surface area contributed by atoms with Crippen molar-refractivity contribution < 1.29 is 9.13 Å². The number of aryl methyl sites for hydroxylation is 2. The van der Waals surface area contributed by atoms with Gasteiger partial charge in [-0.15, -0.1) is 0 Å². The first-order valence-corrected chi connectivity index (χ1v) is 9.28. The number of halogens is 1. The minimum Gasteiger partial charge on any atom is -0.439 e. The zero-order valence-corrected chi connectivity index (χ0v) is 17.0. The third-order valence-electron chi connectivity index (χ3n) is 4.61. The van der Waals surface area contributed by atoms with E-state index in [9.17, 15) is 4.39 Å². The highest BCUT2D eigenvalue weighted by atomic mass is 19.1. The number of nitrogens with one attached hydrogen (secondary N) is 2. The fraction of sp³-hybridized carbons (Fsp3) is 0.286. The van der Waals surface area contributed by atoms with Crippen molar-refractivity contribution in [2.75, 3.05) is 7.05 Å². The summed E-state index contributed by atoms with van der Waals surface area (Å²) in [6, 6.07) is 9.52. The Hall–Kier alpha value is -3.42. The molecule has 2 heterocycles. The van der Waals surface area contributed by atoms with Crippen LogP contribution in [0.4, 0.5) is 4.39 Å². The van der Waals surface area contributed by atoms with E-state index in [1.54, 1.807) is 31.4 Å². The fourth-order valence-corrected chi connectivity index (χ4v) is 2.85.